The topological polar surface area (TPSA) is 58.6 Å². The Morgan fingerprint density at radius 3 is 2.70 bits per heavy atom. The van der Waals surface area contributed by atoms with Crippen molar-refractivity contribution in [2.45, 2.75) is 24.7 Å². The van der Waals surface area contributed by atoms with Crippen molar-refractivity contribution in [3.8, 4) is 5.75 Å². The Morgan fingerprint density at radius 1 is 1.26 bits per heavy atom. The molecule has 2 aromatic rings. The molecule has 0 unspecified atom stereocenters. The fourth-order valence-corrected chi connectivity index (χ4v) is 3.77. The molecular formula is C20H21ClN2O3S. The first-order chi connectivity index (χ1) is 13.1. The third-order valence-corrected chi connectivity index (χ3v) is 5.30. The molecule has 0 aromatic heterocycles. The number of hydrogen-bond acceptors (Lipinski definition) is 4. The smallest absolute Gasteiger partial charge is 0.262 e. The first kappa shape index (κ1) is 19.6. The molecule has 2 amide bonds. The van der Waals surface area contributed by atoms with Crippen LogP contribution in [0.5, 0.6) is 5.75 Å². The maximum atomic E-state index is 12.2. The van der Waals surface area contributed by atoms with Crippen molar-refractivity contribution in [3.63, 3.8) is 0 Å². The van der Waals surface area contributed by atoms with E-state index in [1.54, 1.807) is 40.9 Å². The molecule has 2 aromatic carbocycles. The van der Waals surface area contributed by atoms with E-state index in [0.717, 1.165) is 29.3 Å². The number of hydrogen-bond donors (Lipinski definition) is 1. The predicted molar refractivity (Wildman–Crippen MR) is 110 cm³/mol. The molecule has 0 aliphatic carbocycles. The van der Waals surface area contributed by atoms with E-state index < -0.39 is 0 Å². The Labute approximate surface area is 168 Å². The lowest BCUT2D eigenvalue weighted by Gasteiger charge is -2.16. The van der Waals surface area contributed by atoms with Gasteiger partial charge < -0.3 is 15.0 Å². The first-order valence-corrected chi connectivity index (χ1v) is 10.2. The van der Waals surface area contributed by atoms with Crippen LogP contribution in [0.4, 0.5) is 11.4 Å². The van der Waals surface area contributed by atoms with Crippen LogP contribution in [0.1, 0.15) is 19.8 Å². The van der Waals surface area contributed by atoms with Gasteiger partial charge in [0.2, 0.25) is 5.91 Å². The fourth-order valence-electron chi connectivity index (χ4n) is 2.86. The number of nitrogens with one attached hydrogen (secondary N) is 1. The Kier molecular flexibility index (Phi) is 6.63. The second-order valence-electron chi connectivity index (χ2n) is 6.05. The van der Waals surface area contributed by atoms with Crippen LogP contribution in [0.15, 0.2) is 47.4 Å². The molecule has 142 valence electrons. The molecule has 27 heavy (non-hydrogen) atoms. The van der Waals surface area contributed by atoms with Gasteiger partial charge in [-0.2, -0.15) is 0 Å². The number of benzene rings is 2. The quantitative estimate of drug-likeness (QED) is 0.685. The predicted octanol–water partition coefficient (Wildman–Crippen LogP) is 4.60. The number of halogens is 1. The number of carbonyl (C=O) groups excluding carboxylic acids is 2. The van der Waals surface area contributed by atoms with Crippen molar-refractivity contribution >= 4 is 46.6 Å². The molecule has 7 heteroatoms. The van der Waals surface area contributed by atoms with Crippen LogP contribution in [0.2, 0.25) is 5.02 Å². The summed E-state index contributed by atoms with van der Waals surface area (Å²) in [7, 11) is 0. The minimum Gasteiger partial charge on any atom is -0.484 e. The molecule has 1 N–H and O–H groups in total. The van der Waals surface area contributed by atoms with Gasteiger partial charge >= 0.3 is 0 Å². The summed E-state index contributed by atoms with van der Waals surface area (Å²) in [4.78, 5) is 26.7. The van der Waals surface area contributed by atoms with Crippen molar-refractivity contribution in [2.75, 3.05) is 29.1 Å². The zero-order valence-corrected chi connectivity index (χ0v) is 16.6. The van der Waals surface area contributed by atoms with Crippen molar-refractivity contribution < 1.29 is 14.3 Å². The molecule has 0 spiro atoms. The Morgan fingerprint density at radius 2 is 2.04 bits per heavy atom. The SMILES string of the molecule is CCSc1ccc(Cl)cc1NC(=O)COc1ccc(N2CCCC2=O)cc1. The van der Waals surface area contributed by atoms with E-state index in [9.17, 15) is 9.59 Å². The van der Waals surface area contributed by atoms with E-state index in [2.05, 4.69) is 5.32 Å². The molecule has 0 saturated carbocycles. The van der Waals surface area contributed by atoms with Gasteiger partial charge in [-0.1, -0.05) is 18.5 Å². The van der Waals surface area contributed by atoms with Crippen LogP contribution in [-0.2, 0) is 9.59 Å². The first-order valence-electron chi connectivity index (χ1n) is 8.82. The van der Waals surface area contributed by atoms with E-state index in [1.807, 2.05) is 25.1 Å². The van der Waals surface area contributed by atoms with Crippen LogP contribution in [0.3, 0.4) is 0 Å². The number of rotatable bonds is 7. The number of thioether (sulfide) groups is 1. The molecule has 0 radical (unpaired) electrons. The summed E-state index contributed by atoms with van der Waals surface area (Å²) < 4.78 is 5.56. The zero-order valence-electron chi connectivity index (χ0n) is 15.0. The Hall–Kier alpha value is -2.18. The number of ether oxygens (including phenoxy) is 1. The van der Waals surface area contributed by atoms with E-state index >= 15 is 0 Å². The van der Waals surface area contributed by atoms with Gasteiger partial charge in [-0.15, -0.1) is 11.8 Å². The van der Waals surface area contributed by atoms with Crippen LogP contribution in [0, 0.1) is 0 Å². The second-order valence-corrected chi connectivity index (χ2v) is 7.80. The number of carbonyl (C=O) groups is 2. The molecule has 1 saturated heterocycles. The van der Waals surface area contributed by atoms with Crippen LogP contribution < -0.4 is 15.0 Å². The minimum atomic E-state index is -0.256. The van der Waals surface area contributed by atoms with Gasteiger partial charge in [0.05, 0.1) is 5.69 Å². The summed E-state index contributed by atoms with van der Waals surface area (Å²) in [5.41, 5.74) is 1.54. The third-order valence-electron chi connectivity index (χ3n) is 4.11. The lowest BCUT2D eigenvalue weighted by atomic mass is 10.3. The normalized spacial score (nSPS) is 13.7. The average molecular weight is 405 g/mol. The molecule has 1 heterocycles. The lowest BCUT2D eigenvalue weighted by Crippen LogP contribution is -2.23. The van der Waals surface area contributed by atoms with Crippen molar-refractivity contribution in [2.24, 2.45) is 0 Å². The maximum Gasteiger partial charge on any atom is 0.262 e. The Bertz CT molecular complexity index is 826. The molecular weight excluding hydrogens is 384 g/mol. The highest BCUT2D eigenvalue weighted by molar-refractivity contribution is 7.99. The van der Waals surface area contributed by atoms with Gasteiger partial charge in [0, 0.05) is 28.6 Å². The molecule has 0 bridgehead atoms. The minimum absolute atomic E-state index is 0.106. The standard InChI is InChI=1S/C20H21ClN2O3S/c1-2-27-18-10-5-14(21)12-17(18)22-19(24)13-26-16-8-6-15(7-9-16)23-11-3-4-20(23)25/h5-10,12H,2-4,11,13H2,1H3,(H,22,24). The van der Waals surface area contributed by atoms with E-state index in [0.29, 0.717) is 22.9 Å². The summed E-state index contributed by atoms with van der Waals surface area (Å²) in [5.74, 6) is 1.36. The number of nitrogens with zero attached hydrogens (tertiary/aromatic N) is 1. The van der Waals surface area contributed by atoms with Crippen molar-refractivity contribution in [3.05, 3.63) is 47.5 Å². The highest BCUT2D eigenvalue weighted by Crippen LogP contribution is 2.30. The number of anilines is 2. The second kappa shape index (κ2) is 9.15. The van der Waals surface area contributed by atoms with Gasteiger partial charge in [-0.25, -0.2) is 0 Å². The largest absolute Gasteiger partial charge is 0.484 e. The van der Waals surface area contributed by atoms with Gasteiger partial charge in [-0.3, -0.25) is 9.59 Å². The summed E-state index contributed by atoms with van der Waals surface area (Å²) in [6.45, 7) is 2.69. The van der Waals surface area contributed by atoms with Crippen LogP contribution in [0.25, 0.3) is 0 Å². The highest BCUT2D eigenvalue weighted by Gasteiger charge is 2.21. The Balaban J connectivity index is 1.56. The summed E-state index contributed by atoms with van der Waals surface area (Å²) in [5, 5.41) is 3.41. The summed E-state index contributed by atoms with van der Waals surface area (Å²) in [6.07, 6.45) is 1.49. The average Bonchev–Trinajstić information content (AvgIpc) is 3.09. The molecule has 3 rings (SSSR count). The zero-order chi connectivity index (χ0) is 19.2. The monoisotopic (exact) mass is 404 g/mol. The van der Waals surface area contributed by atoms with E-state index in [4.69, 9.17) is 16.3 Å². The lowest BCUT2D eigenvalue weighted by molar-refractivity contribution is -0.118. The summed E-state index contributed by atoms with van der Waals surface area (Å²) in [6, 6.07) is 12.6. The van der Waals surface area contributed by atoms with Crippen LogP contribution in [-0.4, -0.2) is 30.7 Å². The molecule has 1 aliphatic heterocycles. The molecule has 1 aliphatic rings. The van der Waals surface area contributed by atoms with Crippen molar-refractivity contribution in [1.29, 1.82) is 0 Å². The van der Waals surface area contributed by atoms with Crippen molar-refractivity contribution in [1.82, 2.24) is 0 Å². The number of amides is 2. The fraction of sp³-hybridized carbons (Fsp3) is 0.300. The molecule has 1 fully saturated rings. The van der Waals surface area contributed by atoms with E-state index in [1.165, 1.54) is 0 Å². The molecule has 0 atom stereocenters. The van der Waals surface area contributed by atoms with E-state index in [-0.39, 0.29) is 18.4 Å². The van der Waals surface area contributed by atoms with Crippen LogP contribution >= 0.6 is 23.4 Å². The maximum absolute atomic E-state index is 12.2. The highest BCUT2D eigenvalue weighted by atomic mass is 35.5. The van der Waals surface area contributed by atoms with Gasteiger partial charge in [-0.05, 0) is 54.6 Å². The van der Waals surface area contributed by atoms with Gasteiger partial charge in [0.1, 0.15) is 5.75 Å². The third kappa shape index (κ3) is 5.17. The molecule has 5 nitrogen and oxygen atoms in total. The van der Waals surface area contributed by atoms with Gasteiger partial charge in [0.15, 0.2) is 6.61 Å². The van der Waals surface area contributed by atoms with Gasteiger partial charge in [0.25, 0.3) is 5.91 Å². The summed E-state index contributed by atoms with van der Waals surface area (Å²) >= 11 is 7.67.